The first-order valence-corrected chi connectivity index (χ1v) is 5.30. The van der Waals surface area contributed by atoms with Gasteiger partial charge in [0.1, 0.15) is 0 Å². The van der Waals surface area contributed by atoms with E-state index in [9.17, 15) is 14.4 Å². The van der Waals surface area contributed by atoms with E-state index in [0.717, 1.165) is 0 Å². The SMILES string of the molecule is CC(C)OC(=O)NNC(=O)NNC(=O)OC(C)C.O.O. The Kier molecular flexibility index (Phi) is 13.5. The van der Waals surface area contributed by atoms with Gasteiger partial charge in [0.25, 0.3) is 0 Å². The second kappa shape index (κ2) is 11.8. The average molecular weight is 298 g/mol. The van der Waals surface area contributed by atoms with Gasteiger partial charge in [0, 0.05) is 0 Å². The number of nitrogens with one attached hydrogen (secondary N) is 4. The molecule has 11 nitrogen and oxygen atoms in total. The molecule has 0 saturated carbocycles. The van der Waals surface area contributed by atoms with E-state index in [0.29, 0.717) is 0 Å². The summed E-state index contributed by atoms with van der Waals surface area (Å²) < 4.78 is 9.35. The molecule has 20 heavy (non-hydrogen) atoms. The molecule has 0 aliphatic rings. The molecule has 0 aliphatic heterocycles. The van der Waals surface area contributed by atoms with Crippen LogP contribution in [0.25, 0.3) is 0 Å². The van der Waals surface area contributed by atoms with Crippen LogP contribution in [0.15, 0.2) is 0 Å². The fourth-order valence-corrected chi connectivity index (χ4v) is 0.734. The predicted octanol–water partition coefficient (Wildman–Crippen LogP) is -1.26. The molecule has 0 fully saturated rings. The van der Waals surface area contributed by atoms with E-state index in [2.05, 4.69) is 9.47 Å². The van der Waals surface area contributed by atoms with E-state index in [-0.39, 0.29) is 23.2 Å². The fraction of sp³-hybridized carbons (Fsp3) is 0.667. The van der Waals surface area contributed by atoms with Crippen molar-refractivity contribution in [3.63, 3.8) is 0 Å². The van der Waals surface area contributed by atoms with Gasteiger partial charge in [-0.25, -0.2) is 36.1 Å². The van der Waals surface area contributed by atoms with Crippen LogP contribution in [-0.2, 0) is 9.47 Å². The number of hydrogen-bond donors (Lipinski definition) is 4. The second-order valence-corrected chi connectivity index (χ2v) is 3.74. The number of ether oxygens (including phenoxy) is 2. The number of carbonyl (C=O) groups excluding carboxylic acids is 3. The molecule has 0 radical (unpaired) electrons. The number of hydrazine groups is 2. The summed E-state index contributed by atoms with van der Waals surface area (Å²) in [6.07, 6.45) is -2.25. The summed E-state index contributed by atoms with van der Waals surface area (Å²) in [7, 11) is 0. The number of hydrogen-bond acceptors (Lipinski definition) is 5. The zero-order chi connectivity index (χ0) is 14.1. The van der Waals surface area contributed by atoms with Crippen molar-refractivity contribution < 1.29 is 34.8 Å². The molecule has 0 aliphatic carbocycles. The third-order valence-electron chi connectivity index (χ3n) is 1.24. The Hall–Kier alpha value is -2.27. The Labute approximate surface area is 115 Å². The Morgan fingerprint density at radius 1 is 0.700 bits per heavy atom. The van der Waals surface area contributed by atoms with Crippen LogP contribution in [0.2, 0.25) is 0 Å². The van der Waals surface area contributed by atoms with E-state index in [1.165, 1.54) is 0 Å². The van der Waals surface area contributed by atoms with Crippen LogP contribution in [0.3, 0.4) is 0 Å². The zero-order valence-corrected chi connectivity index (χ0v) is 11.7. The lowest BCUT2D eigenvalue weighted by Gasteiger charge is -2.12. The number of carbonyl (C=O) groups is 3. The fourth-order valence-electron chi connectivity index (χ4n) is 0.734. The Morgan fingerprint density at radius 3 is 1.25 bits per heavy atom. The first-order valence-electron chi connectivity index (χ1n) is 5.30. The summed E-state index contributed by atoms with van der Waals surface area (Å²) in [5, 5.41) is 0. The molecule has 0 aromatic carbocycles. The second-order valence-electron chi connectivity index (χ2n) is 3.74. The summed E-state index contributed by atoms with van der Waals surface area (Å²) in [4.78, 5) is 33.0. The molecule has 0 spiro atoms. The van der Waals surface area contributed by atoms with Crippen molar-refractivity contribution in [1.82, 2.24) is 21.7 Å². The first kappa shape index (κ1) is 22.9. The third kappa shape index (κ3) is 13.8. The Bertz CT molecular complexity index is 281. The molecule has 11 heteroatoms. The van der Waals surface area contributed by atoms with Crippen LogP contribution < -0.4 is 21.7 Å². The minimum absolute atomic E-state index is 0. The van der Waals surface area contributed by atoms with E-state index in [4.69, 9.17) is 0 Å². The van der Waals surface area contributed by atoms with Gasteiger partial charge in [-0.05, 0) is 27.7 Å². The van der Waals surface area contributed by atoms with Crippen LogP contribution in [0, 0.1) is 0 Å². The van der Waals surface area contributed by atoms with Crippen molar-refractivity contribution in [2.24, 2.45) is 0 Å². The number of amides is 4. The quantitative estimate of drug-likeness (QED) is 0.463. The normalized spacial score (nSPS) is 8.70. The van der Waals surface area contributed by atoms with Crippen LogP contribution in [0.4, 0.5) is 14.4 Å². The average Bonchev–Trinajstić information content (AvgIpc) is 2.21. The molecule has 4 amide bonds. The monoisotopic (exact) mass is 298 g/mol. The van der Waals surface area contributed by atoms with E-state index >= 15 is 0 Å². The molecule has 0 aromatic heterocycles. The standard InChI is InChI=1S/C9H18N4O5.2H2O/c1-5(2)17-8(15)12-10-7(14)11-13-9(16)18-6(3)4;;/h5-6H,1-4H3,(H,12,15)(H,13,16)(H2,10,11,14);2*1H2. The van der Waals surface area contributed by atoms with Crippen molar-refractivity contribution in [2.45, 2.75) is 39.9 Å². The summed E-state index contributed by atoms with van der Waals surface area (Å²) in [5.74, 6) is 0. The van der Waals surface area contributed by atoms with E-state index < -0.39 is 18.2 Å². The lowest BCUT2D eigenvalue weighted by Crippen LogP contribution is -2.53. The highest BCUT2D eigenvalue weighted by molar-refractivity contribution is 5.79. The van der Waals surface area contributed by atoms with Crippen LogP contribution >= 0.6 is 0 Å². The molecule has 8 N–H and O–H groups in total. The van der Waals surface area contributed by atoms with Gasteiger partial charge in [0.2, 0.25) is 0 Å². The molecule has 0 rings (SSSR count). The zero-order valence-electron chi connectivity index (χ0n) is 11.7. The van der Waals surface area contributed by atoms with Crippen LogP contribution in [0.1, 0.15) is 27.7 Å². The van der Waals surface area contributed by atoms with E-state index in [1.807, 2.05) is 21.7 Å². The van der Waals surface area contributed by atoms with Gasteiger partial charge in [0.15, 0.2) is 0 Å². The maximum absolute atomic E-state index is 11.1. The minimum atomic E-state index is -0.851. The lowest BCUT2D eigenvalue weighted by atomic mass is 10.5. The van der Waals surface area contributed by atoms with Gasteiger partial charge in [-0.3, -0.25) is 0 Å². The van der Waals surface area contributed by atoms with Crippen molar-refractivity contribution in [3.05, 3.63) is 0 Å². The van der Waals surface area contributed by atoms with Crippen molar-refractivity contribution in [2.75, 3.05) is 0 Å². The van der Waals surface area contributed by atoms with Gasteiger partial charge < -0.3 is 20.4 Å². The lowest BCUT2D eigenvalue weighted by molar-refractivity contribution is 0.109. The largest absolute Gasteiger partial charge is 0.446 e. The Morgan fingerprint density at radius 2 is 1.00 bits per heavy atom. The highest BCUT2D eigenvalue weighted by atomic mass is 16.6. The van der Waals surface area contributed by atoms with Gasteiger partial charge in [-0.1, -0.05) is 0 Å². The molecular formula is C9H22N4O7. The van der Waals surface area contributed by atoms with Gasteiger partial charge in [0.05, 0.1) is 12.2 Å². The number of rotatable bonds is 2. The summed E-state index contributed by atoms with van der Waals surface area (Å²) in [5.41, 5.74) is 7.83. The first-order chi connectivity index (χ1) is 8.31. The van der Waals surface area contributed by atoms with Gasteiger partial charge in [-0.2, -0.15) is 0 Å². The smallest absolute Gasteiger partial charge is 0.426 e. The van der Waals surface area contributed by atoms with Crippen molar-refractivity contribution >= 4 is 18.2 Å². The molecule has 0 unspecified atom stereocenters. The van der Waals surface area contributed by atoms with E-state index in [1.54, 1.807) is 27.7 Å². The molecule has 120 valence electrons. The predicted molar refractivity (Wildman–Crippen MR) is 68.4 cm³/mol. The highest BCUT2D eigenvalue weighted by Crippen LogP contribution is 1.87. The molecule has 0 saturated heterocycles. The summed E-state index contributed by atoms with van der Waals surface area (Å²) in [6, 6.07) is -0.851. The summed E-state index contributed by atoms with van der Waals surface area (Å²) >= 11 is 0. The highest BCUT2D eigenvalue weighted by Gasteiger charge is 2.08. The molecular weight excluding hydrogens is 276 g/mol. The molecule has 0 bridgehead atoms. The number of urea groups is 1. The Balaban J connectivity index is -0.00000144. The maximum atomic E-state index is 11.1. The topological polar surface area (TPSA) is 181 Å². The van der Waals surface area contributed by atoms with Gasteiger partial charge in [-0.15, -0.1) is 0 Å². The van der Waals surface area contributed by atoms with Crippen molar-refractivity contribution in [1.29, 1.82) is 0 Å². The third-order valence-corrected chi connectivity index (χ3v) is 1.24. The van der Waals surface area contributed by atoms with Gasteiger partial charge >= 0.3 is 18.2 Å². The van der Waals surface area contributed by atoms with Crippen molar-refractivity contribution in [3.8, 4) is 0 Å². The molecule has 0 heterocycles. The minimum Gasteiger partial charge on any atom is -0.446 e. The van der Waals surface area contributed by atoms with Crippen LogP contribution in [0.5, 0.6) is 0 Å². The molecule has 0 aromatic rings. The maximum Gasteiger partial charge on any atom is 0.426 e. The molecule has 0 atom stereocenters. The van der Waals surface area contributed by atoms with Crippen LogP contribution in [-0.4, -0.2) is 41.4 Å². The summed E-state index contributed by atoms with van der Waals surface area (Å²) in [6.45, 7) is 6.62.